The topological polar surface area (TPSA) is 72.6 Å². The third-order valence-electron chi connectivity index (χ3n) is 3.15. The van der Waals surface area contributed by atoms with Crippen molar-refractivity contribution in [3.8, 4) is 27.8 Å². The van der Waals surface area contributed by atoms with E-state index in [9.17, 15) is 4.79 Å². The molecule has 0 aliphatic heterocycles. The van der Waals surface area contributed by atoms with Gasteiger partial charge in [0.15, 0.2) is 0 Å². The largest absolute Gasteiger partial charge is 0.497 e. The Morgan fingerprint density at radius 2 is 2.04 bits per heavy atom. The van der Waals surface area contributed by atoms with Crippen LogP contribution in [0.5, 0.6) is 5.75 Å². The molecule has 7 heteroatoms. The lowest BCUT2D eigenvalue weighted by Crippen LogP contribution is -1.99. The lowest BCUT2D eigenvalue weighted by atomic mass is 10.2. The van der Waals surface area contributed by atoms with E-state index in [0.717, 1.165) is 16.2 Å². The molecule has 2 aromatic heterocycles. The van der Waals surface area contributed by atoms with E-state index in [4.69, 9.17) is 25.9 Å². The Kier molecular flexibility index (Phi) is 4.36. The molecule has 0 aliphatic carbocycles. The number of thiophene rings is 1. The SMILES string of the molecule is COc1ccc(-c2nc(-c3ccc(Cl)s3)c(CC(=O)O)o2)cc1. The molecular weight excluding hydrogens is 338 g/mol. The van der Waals surface area contributed by atoms with Crippen LogP contribution in [-0.4, -0.2) is 23.2 Å². The summed E-state index contributed by atoms with van der Waals surface area (Å²) >= 11 is 7.28. The number of halogens is 1. The minimum Gasteiger partial charge on any atom is -0.497 e. The molecule has 0 fully saturated rings. The second-order valence-electron chi connectivity index (χ2n) is 4.69. The second-order valence-corrected chi connectivity index (χ2v) is 6.41. The van der Waals surface area contributed by atoms with Crippen LogP contribution in [0.3, 0.4) is 0 Å². The van der Waals surface area contributed by atoms with Crippen LogP contribution in [0.4, 0.5) is 0 Å². The molecule has 0 atom stereocenters. The first kappa shape index (κ1) is 15.6. The maximum atomic E-state index is 11.1. The molecule has 1 N–H and O–H groups in total. The van der Waals surface area contributed by atoms with Gasteiger partial charge in [-0.2, -0.15) is 0 Å². The van der Waals surface area contributed by atoms with Gasteiger partial charge in [-0.25, -0.2) is 4.98 Å². The highest BCUT2D eigenvalue weighted by molar-refractivity contribution is 7.19. The average Bonchev–Trinajstić information content (AvgIpc) is 3.13. The van der Waals surface area contributed by atoms with Crippen molar-refractivity contribution in [2.75, 3.05) is 7.11 Å². The first-order chi connectivity index (χ1) is 11.1. The van der Waals surface area contributed by atoms with Crippen molar-refractivity contribution in [1.29, 1.82) is 0 Å². The molecule has 3 rings (SSSR count). The molecular formula is C16H12ClNO4S. The molecule has 0 amide bonds. The van der Waals surface area contributed by atoms with Gasteiger partial charge >= 0.3 is 5.97 Å². The number of aromatic nitrogens is 1. The number of benzene rings is 1. The van der Waals surface area contributed by atoms with Crippen molar-refractivity contribution in [2.45, 2.75) is 6.42 Å². The molecule has 0 spiro atoms. The number of nitrogens with zero attached hydrogens (tertiary/aromatic N) is 1. The Morgan fingerprint density at radius 1 is 1.30 bits per heavy atom. The second kappa shape index (κ2) is 6.44. The number of ether oxygens (including phenoxy) is 1. The molecule has 23 heavy (non-hydrogen) atoms. The molecule has 3 aromatic rings. The van der Waals surface area contributed by atoms with Gasteiger partial charge in [-0.1, -0.05) is 11.6 Å². The molecule has 0 saturated carbocycles. The van der Waals surface area contributed by atoms with E-state index in [1.165, 1.54) is 11.3 Å². The number of carbonyl (C=O) groups is 1. The van der Waals surface area contributed by atoms with Gasteiger partial charge < -0.3 is 14.3 Å². The van der Waals surface area contributed by atoms with Crippen LogP contribution in [0.1, 0.15) is 5.76 Å². The van der Waals surface area contributed by atoms with Gasteiger partial charge in [0.25, 0.3) is 0 Å². The molecule has 2 heterocycles. The van der Waals surface area contributed by atoms with E-state index in [0.29, 0.717) is 21.7 Å². The summed E-state index contributed by atoms with van der Waals surface area (Å²) in [6.45, 7) is 0. The summed E-state index contributed by atoms with van der Waals surface area (Å²) in [6.07, 6.45) is -0.242. The Bertz CT molecular complexity index is 838. The Labute approximate surface area is 141 Å². The highest BCUT2D eigenvalue weighted by atomic mass is 35.5. The zero-order chi connectivity index (χ0) is 16.4. The summed E-state index contributed by atoms with van der Waals surface area (Å²) in [5.74, 6) is 0.410. The molecule has 0 unspecified atom stereocenters. The van der Waals surface area contributed by atoms with Crippen LogP contribution < -0.4 is 4.74 Å². The molecule has 0 aliphatic rings. The minimum absolute atomic E-state index is 0.242. The maximum absolute atomic E-state index is 11.1. The number of hydrogen-bond acceptors (Lipinski definition) is 5. The summed E-state index contributed by atoms with van der Waals surface area (Å²) in [5.41, 5.74) is 1.25. The van der Waals surface area contributed by atoms with Crippen molar-refractivity contribution in [3.63, 3.8) is 0 Å². The van der Waals surface area contributed by atoms with Crippen LogP contribution >= 0.6 is 22.9 Å². The highest BCUT2D eigenvalue weighted by Gasteiger charge is 2.20. The predicted octanol–water partition coefficient (Wildman–Crippen LogP) is 4.36. The van der Waals surface area contributed by atoms with Gasteiger partial charge in [-0.3, -0.25) is 4.79 Å². The van der Waals surface area contributed by atoms with E-state index < -0.39 is 5.97 Å². The zero-order valence-corrected chi connectivity index (χ0v) is 13.6. The van der Waals surface area contributed by atoms with E-state index in [1.807, 2.05) is 0 Å². The van der Waals surface area contributed by atoms with Gasteiger partial charge in [0.1, 0.15) is 23.6 Å². The highest BCUT2D eigenvalue weighted by Crippen LogP contribution is 2.35. The van der Waals surface area contributed by atoms with Crippen LogP contribution in [0.15, 0.2) is 40.8 Å². The molecule has 0 saturated heterocycles. The monoisotopic (exact) mass is 349 g/mol. The third kappa shape index (κ3) is 3.38. The van der Waals surface area contributed by atoms with E-state index in [1.54, 1.807) is 43.5 Å². The lowest BCUT2D eigenvalue weighted by Gasteiger charge is -1.99. The summed E-state index contributed by atoms with van der Waals surface area (Å²) in [4.78, 5) is 16.3. The smallest absolute Gasteiger partial charge is 0.311 e. The fraction of sp³-hybridized carbons (Fsp3) is 0.125. The third-order valence-corrected chi connectivity index (χ3v) is 4.39. The van der Waals surface area contributed by atoms with Crippen LogP contribution in [0.25, 0.3) is 22.0 Å². The van der Waals surface area contributed by atoms with Gasteiger partial charge in [0.2, 0.25) is 5.89 Å². The normalized spacial score (nSPS) is 10.7. The lowest BCUT2D eigenvalue weighted by molar-refractivity contribution is -0.136. The average molecular weight is 350 g/mol. The van der Waals surface area contributed by atoms with Crippen molar-refractivity contribution in [1.82, 2.24) is 4.98 Å². The Hall–Kier alpha value is -2.31. The van der Waals surface area contributed by atoms with Crippen LogP contribution in [0.2, 0.25) is 4.34 Å². The molecule has 0 bridgehead atoms. The van der Waals surface area contributed by atoms with Crippen LogP contribution in [0, 0.1) is 0 Å². The number of oxazole rings is 1. The summed E-state index contributed by atoms with van der Waals surface area (Å²) in [7, 11) is 1.59. The number of carboxylic acids is 1. The number of hydrogen-bond donors (Lipinski definition) is 1. The van der Waals surface area contributed by atoms with Crippen molar-refractivity contribution < 1.29 is 19.1 Å². The van der Waals surface area contributed by atoms with E-state index >= 15 is 0 Å². The fourth-order valence-corrected chi connectivity index (χ4v) is 3.15. The fourth-order valence-electron chi connectivity index (χ4n) is 2.10. The van der Waals surface area contributed by atoms with Crippen molar-refractivity contribution >= 4 is 28.9 Å². The number of aliphatic carboxylic acids is 1. The number of methoxy groups -OCH3 is 1. The minimum atomic E-state index is -0.980. The number of carboxylic acid groups (broad SMARTS) is 1. The standard InChI is InChI=1S/C16H12ClNO4S/c1-21-10-4-2-9(3-5-10)16-18-15(11(22-16)8-14(19)20)12-6-7-13(17)23-12/h2-7H,8H2,1H3,(H,19,20). The quantitative estimate of drug-likeness (QED) is 0.741. The van der Waals surface area contributed by atoms with Gasteiger partial charge in [-0.05, 0) is 36.4 Å². The molecule has 118 valence electrons. The molecule has 0 radical (unpaired) electrons. The summed E-state index contributed by atoms with van der Waals surface area (Å²) < 4.78 is 11.4. The van der Waals surface area contributed by atoms with Crippen molar-refractivity contribution in [2.24, 2.45) is 0 Å². The van der Waals surface area contributed by atoms with E-state index in [2.05, 4.69) is 4.98 Å². The summed E-state index contributed by atoms with van der Waals surface area (Å²) in [6, 6.07) is 10.7. The Morgan fingerprint density at radius 3 is 2.61 bits per heavy atom. The molecule has 5 nitrogen and oxygen atoms in total. The first-order valence-electron chi connectivity index (χ1n) is 6.68. The number of rotatable bonds is 5. The van der Waals surface area contributed by atoms with Gasteiger partial charge in [0, 0.05) is 5.56 Å². The van der Waals surface area contributed by atoms with Gasteiger partial charge in [-0.15, -0.1) is 11.3 Å². The van der Waals surface area contributed by atoms with Crippen LogP contribution in [-0.2, 0) is 11.2 Å². The summed E-state index contributed by atoms with van der Waals surface area (Å²) in [5, 5.41) is 9.06. The Balaban J connectivity index is 2.04. The van der Waals surface area contributed by atoms with Crippen molar-refractivity contribution in [3.05, 3.63) is 46.5 Å². The van der Waals surface area contributed by atoms with E-state index in [-0.39, 0.29) is 6.42 Å². The molecule has 1 aromatic carbocycles. The van der Waals surface area contributed by atoms with Gasteiger partial charge in [0.05, 0.1) is 16.3 Å². The maximum Gasteiger partial charge on any atom is 0.311 e. The zero-order valence-electron chi connectivity index (χ0n) is 12.1. The first-order valence-corrected chi connectivity index (χ1v) is 7.88. The predicted molar refractivity (Wildman–Crippen MR) is 88.2 cm³/mol.